The van der Waals surface area contributed by atoms with Gasteiger partial charge in [-0.1, -0.05) is 23.2 Å². The van der Waals surface area contributed by atoms with Crippen molar-refractivity contribution in [3.8, 4) is 5.75 Å². The van der Waals surface area contributed by atoms with E-state index in [0.717, 1.165) is 32.5 Å². The van der Waals surface area contributed by atoms with Crippen LogP contribution in [0.15, 0.2) is 18.2 Å². The van der Waals surface area contributed by atoms with Crippen LogP contribution in [0.2, 0.25) is 10.0 Å². The van der Waals surface area contributed by atoms with Gasteiger partial charge in [0.25, 0.3) is 5.91 Å². The number of amides is 1. The molecule has 0 saturated carbocycles. The Balaban J connectivity index is 0.00000264. The molecule has 2 rings (SSSR count). The summed E-state index contributed by atoms with van der Waals surface area (Å²) in [6.45, 7) is 2.69. The van der Waals surface area contributed by atoms with Gasteiger partial charge in [0, 0.05) is 23.1 Å². The largest absolute Gasteiger partial charge is 0.484 e. The number of piperidine rings is 1. The second-order valence-electron chi connectivity index (χ2n) is 5.61. The molecule has 1 amide bonds. The lowest BCUT2D eigenvalue weighted by Gasteiger charge is -2.32. The summed E-state index contributed by atoms with van der Waals surface area (Å²) < 4.78 is 5.50. The zero-order chi connectivity index (χ0) is 15.9. The number of hydrogen-bond donors (Lipinski definition) is 1. The lowest BCUT2D eigenvalue weighted by molar-refractivity contribution is -0.134. The molecule has 4 nitrogen and oxygen atoms in total. The molecule has 1 aromatic rings. The number of carbonyl (C=O) groups is 1. The summed E-state index contributed by atoms with van der Waals surface area (Å²) in [5, 5.41) is 4.17. The molecule has 1 aliphatic rings. The van der Waals surface area contributed by atoms with Gasteiger partial charge in [0.2, 0.25) is 0 Å². The third kappa shape index (κ3) is 6.76. The van der Waals surface area contributed by atoms with E-state index in [1.54, 1.807) is 18.2 Å². The van der Waals surface area contributed by atoms with Gasteiger partial charge in [-0.05, 0) is 57.0 Å². The van der Waals surface area contributed by atoms with Gasteiger partial charge < -0.3 is 15.0 Å². The van der Waals surface area contributed by atoms with E-state index in [-0.39, 0.29) is 24.9 Å². The molecule has 1 aliphatic heterocycles. The number of carbonyl (C=O) groups excluding carboxylic acids is 1. The maximum atomic E-state index is 12.2. The minimum atomic E-state index is 0. The third-order valence-electron chi connectivity index (χ3n) is 3.97. The van der Waals surface area contributed by atoms with Crippen molar-refractivity contribution in [3.63, 3.8) is 0 Å². The lowest BCUT2D eigenvalue weighted by atomic mass is 9.93. The molecule has 0 spiro atoms. The first-order valence-corrected chi connectivity index (χ1v) is 8.35. The second-order valence-corrected chi connectivity index (χ2v) is 6.48. The fraction of sp³-hybridized carbons (Fsp3) is 0.562. The Hall–Kier alpha value is -0.680. The molecule has 23 heavy (non-hydrogen) atoms. The molecule has 0 radical (unpaired) electrons. The van der Waals surface area contributed by atoms with Crippen LogP contribution >= 0.6 is 35.6 Å². The van der Waals surface area contributed by atoms with E-state index in [0.29, 0.717) is 21.7 Å². The van der Waals surface area contributed by atoms with Crippen molar-refractivity contribution in [3.05, 3.63) is 28.2 Å². The van der Waals surface area contributed by atoms with Gasteiger partial charge >= 0.3 is 0 Å². The number of ether oxygens (including phenoxy) is 1. The molecular formula is C16H23Cl3N2O2. The monoisotopic (exact) mass is 380 g/mol. The summed E-state index contributed by atoms with van der Waals surface area (Å²) in [5.74, 6) is 1.25. The zero-order valence-corrected chi connectivity index (χ0v) is 15.5. The Kier molecular flexibility index (Phi) is 9.07. The highest BCUT2D eigenvalue weighted by atomic mass is 35.5. The van der Waals surface area contributed by atoms with Crippen molar-refractivity contribution in [1.82, 2.24) is 10.2 Å². The maximum Gasteiger partial charge on any atom is 0.260 e. The van der Waals surface area contributed by atoms with Gasteiger partial charge in [-0.2, -0.15) is 0 Å². The Morgan fingerprint density at radius 2 is 1.87 bits per heavy atom. The van der Waals surface area contributed by atoms with Crippen LogP contribution in [-0.2, 0) is 4.79 Å². The fourth-order valence-corrected chi connectivity index (χ4v) is 3.17. The van der Waals surface area contributed by atoms with E-state index in [9.17, 15) is 4.79 Å². The first-order valence-electron chi connectivity index (χ1n) is 7.59. The molecule has 1 N–H and O–H groups in total. The predicted octanol–water partition coefficient (Wildman–Crippen LogP) is 3.64. The summed E-state index contributed by atoms with van der Waals surface area (Å²) in [7, 11) is 1.97. The van der Waals surface area contributed by atoms with E-state index in [2.05, 4.69) is 5.32 Å². The van der Waals surface area contributed by atoms with Crippen LogP contribution in [0.25, 0.3) is 0 Å². The second kappa shape index (κ2) is 10.2. The van der Waals surface area contributed by atoms with E-state index in [1.165, 1.54) is 6.42 Å². The van der Waals surface area contributed by atoms with Crippen molar-refractivity contribution in [2.45, 2.75) is 19.3 Å². The lowest BCUT2D eigenvalue weighted by Crippen LogP contribution is -2.41. The van der Waals surface area contributed by atoms with Gasteiger partial charge in [-0.25, -0.2) is 0 Å². The van der Waals surface area contributed by atoms with Crippen LogP contribution in [0.4, 0.5) is 0 Å². The maximum absolute atomic E-state index is 12.2. The summed E-state index contributed by atoms with van der Waals surface area (Å²) in [4.78, 5) is 14.1. The number of likely N-dealkylation sites (tertiary alicyclic amines) is 1. The molecule has 1 saturated heterocycles. The predicted molar refractivity (Wildman–Crippen MR) is 97.1 cm³/mol. The Bertz CT molecular complexity index is 486. The molecule has 7 heteroatoms. The highest BCUT2D eigenvalue weighted by Crippen LogP contribution is 2.24. The molecule has 1 aromatic carbocycles. The molecule has 130 valence electrons. The van der Waals surface area contributed by atoms with Gasteiger partial charge in [-0.3, -0.25) is 4.79 Å². The van der Waals surface area contributed by atoms with Crippen LogP contribution in [-0.4, -0.2) is 44.1 Å². The van der Waals surface area contributed by atoms with Crippen LogP contribution in [0.5, 0.6) is 5.75 Å². The molecule has 0 unspecified atom stereocenters. The van der Waals surface area contributed by atoms with Gasteiger partial charge in [0.1, 0.15) is 5.75 Å². The average Bonchev–Trinajstić information content (AvgIpc) is 2.50. The van der Waals surface area contributed by atoms with Gasteiger partial charge in [0.15, 0.2) is 6.61 Å². The molecule has 0 aliphatic carbocycles. The molecule has 0 bridgehead atoms. The van der Waals surface area contributed by atoms with Crippen LogP contribution < -0.4 is 10.1 Å². The minimum absolute atomic E-state index is 0. The molecule has 0 aromatic heterocycles. The Labute approximate surface area is 153 Å². The number of halogens is 3. The van der Waals surface area contributed by atoms with E-state index >= 15 is 0 Å². The van der Waals surface area contributed by atoms with Crippen molar-refractivity contribution in [2.75, 3.05) is 33.3 Å². The van der Waals surface area contributed by atoms with Crippen LogP contribution in [0.1, 0.15) is 19.3 Å². The van der Waals surface area contributed by atoms with Crippen molar-refractivity contribution >= 4 is 41.5 Å². The van der Waals surface area contributed by atoms with Crippen LogP contribution in [0.3, 0.4) is 0 Å². The van der Waals surface area contributed by atoms with E-state index in [4.69, 9.17) is 27.9 Å². The fourth-order valence-electron chi connectivity index (χ4n) is 2.67. The Morgan fingerprint density at radius 3 is 2.43 bits per heavy atom. The van der Waals surface area contributed by atoms with Gasteiger partial charge in [0.05, 0.1) is 0 Å². The van der Waals surface area contributed by atoms with E-state index in [1.807, 2.05) is 11.9 Å². The van der Waals surface area contributed by atoms with Crippen LogP contribution in [0, 0.1) is 5.92 Å². The molecule has 0 atom stereocenters. The first-order chi connectivity index (χ1) is 10.6. The number of rotatable bonds is 6. The highest BCUT2D eigenvalue weighted by molar-refractivity contribution is 6.34. The van der Waals surface area contributed by atoms with Crippen molar-refractivity contribution < 1.29 is 9.53 Å². The molecule has 1 heterocycles. The molecular weight excluding hydrogens is 359 g/mol. The number of benzene rings is 1. The number of hydrogen-bond acceptors (Lipinski definition) is 3. The summed E-state index contributed by atoms with van der Waals surface area (Å²) in [6.07, 6.45) is 3.31. The van der Waals surface area contributed by atoms with Crippen molar-refractivity contribution in [2.24, 2.45) is 5.92 Å². The standard InChI is InChI=1S/C16H22Cl2N2O2.ClH/c1-19-5-2-12-3-6-20(7-4-12)16(21)11-22-15-9-13(17)8-14(18)10-15;/h8-10,12,19H,2-7,11H2,1H3;1H. The summed E-state index contributed by atoms with van der Waals surface area (Å²) >= 11 is 11.8. The van der Waals surface area contributed by atoms with Crippen molar-refractivity contribution in [1.29, 1.82) is 0 Å². The quantitative estimate of drug-likeness (QED) is 0.818. The number of nitrogens with zero attached hydrogens (tertiary/aromatic N) is 1. The molecule has 1 fully saturated rings. The average molecular weight is 382 g/mol. The first kappa shape index (κ1) is 20.4. The SMILES string of the molecule is CNCCC1CCN(C(=O)COc2cc(Cl)cc(Cl)c2)CC1.Cl. The topological polar surface area (TPSA) is 41.6 Å². The highest BCUT2D eigenvalue weighted by Gasteiger charge is 2.22. The summed E-state index contributed by atoms with van der Waals surface area (Å²) in [5.41, 5.74) is 0. The summed E-state index contributed by atoms with van der Waals surface area (Å²) in [6, 6.07) is 4.95. The Morgan fingerprint density at radius 1 is 1.26 bits per heavy atom. The third-order valence-corrected chi connectivity index (χ3v) is 4.40. The van der Waals surface area contributed by atoms with Gasteiger partial charge in [-0.15, -0.1) is 12.4 Å². The van der Waals surface area contributed by atoms with E-state index < -0.39 is 0 Å². The minimum Gasteiger partial charge on any atom is -0.484 e. The zero-order valence-electron chi connectivity index (χ0n) is 13.2. The smallest absolute Gasteiger partial charge is 0.260 e. The number of nitrogens with one attached hydrogen (secondary N) is 1. The normalized spacial score (nSPS) is 15.2.